The van der Waals surface area contributed by atoms with Crippen molar-refractivity contribution in [1.82, 2.24) is 4.98 Å². The van der Waals surface area contributed by atoms with E-state index in [-0.39, 0.29) is 0 Å². The molecule has 0 radical (unpaired) electrons. The molecule has 0 N–H and O–H groups in total. The van der Waals surface area contributed by atoms with Crippen LogP contribution < -0.4 is 9.47 Å². The Hall–Kier alpha value is -2.06. The van der Waals surface area contributed by atoms with Gasteiger partial charge in [-0.15, -0.1) is 11.3 Å². The molecule has 5 heteroatoms. The lowest BCUT2D eigenvalue weighted by atomic mass is 10.2. The molecule has 2 rings (SSSR count). The number of nitriles is 1. The van der Waals surface area contributed by atoms with Gasteiger partial charge in [-0.3, -0.25) is 0 Å². The number of nitrogens with zero attached hydrogens (tertiary/aromatic N) is 2. The molecule has 0 atom stereocenters. The highest BCUT2D eigenvalue weighted by Crippen LogP contribution is 2.24. The van der Waals surface area contributed by atoms with E-state index >= 15 is 0 Å². The van der Waals surface area contributed by atoms with Gasteiger partial charge in [-0.25, -0.2) is 4.98 Å². The highest BCUT2D eigenvalue weighted by Gasteiger charge is 2.06. The predicted octanol–water partition coefficient (Wildman–Crippen LogP) is 3.22. The number of rotatable bonds is 4. The Balaban J connectivity index is 2.13. The third kappa shape index (κ3) is 3.24. The summed E-state index contributed by atoms with van der Waals surface area (Å²) in [5.74, 6) is 1.22. The quantitative estimate of drug-likeness (QED) is 0.859. The maximum Gasteiger partial charge on any atom is 0.140 e. The molecule has 1 aromatic heterocycles. The van der Waals surface area contributed by atoms with E-state index in [9.17, 15) is 0 Å². The van der Waals surface area contributed by atoms with Crippen molar-refractivity contribution < 1.29 is 9.47 Å². The van der Waals surface area contributed by atoms with Gasteiger partial charge in [0.2, 0.25) is 0 Å². The molecule has 0 fully saturated rings. The minimum Gasteiger partial charge on any atom is -0.497 e. The largest absolute Gasteiger partial charge is 0.497 e. The number of hydrogen-bond acceptors (Lipinski definition) is 5. The van der Waals surface area contributed by atoms with Gasteiger partial charge >= 0.3 is 0 Å². The summed E-state index contributed by atoms with van der Waals surface area (Å²) in [5.41, 5.74) is 1.55. The molecule has 0 aliphatic heterocycles. The smallest absolute Gasteiger partial charge is 0.140 e. The zero-order valence-corrected chi connectivity index (χ0v) is 11.9. The molecular formula is C14H14N2O2S. The number of ether oxygens (including phenoxy) is 2. The second kappa shape index (κ2) is 5.72. The van der Waals surface area contributed by atoms with Crippen LogP contribution >= 0.6 is 11.3 Å². The first-order chi connectivity index (χ1) is 9.12. The standard InChI is InChI=1S/C14H14N2O2S/c1-9-10(2)19-14(16-9)8-18-13-5-11(7-15)4-12(6-13)17-3/h4-6H,8H2,1-3H3. The van der Waals surface area contributed by atoms with Crippen LogP contribution in [0.15, 0.2) is 18.2 Å². The average molecular weight is 274 g/mol. The molecule has 1 aromatic carbocycles. The highest BCUT2D eigenvalue weighted by atomic mass is 32.1. The Morgan fingerprint density at radius 2 is 2.00 bits per heavy atom. The minimum absolute atomic E-state index is 0.400. The lowest BCUT2D eigenvalue weighted by Gasteiger charge is -2.07. The van der Waals surface area contributed by atoms with E-state index in [2.05, 4.69) is 11.1 Å². The zero-order chi connectivity index (χ0) is 13.8. The lowest BCUT2D eigenvalue weighted by Crippen LogP contribution is -1.96. The first-order valence-electron chi connectivity index (χ1n) is 5.77. The molecule has 0 bridgehead atoms. The predicted molar refractivity (Wildman–Crippen MR) is 73.6 cm³/mol. The van der Waals surface area contributed by atoms with Gasteiger partial charge in [-0.05, 0) is 26.0 Å². The molecule has 0 saturated heterocycles. The summed E-state index contributed by atoms with van der Waals surface area (Å²) in [6.45, 7) is 4.42. The van der Waals surface area contributed by atoms with Crippen LogP contribution in [0, 0.1) is 25.2 Å². The summed E-state index contributed by atoms with van der Waals surface area (Å²) >= 11 is 1.62. The Labute approximate surface area is 116 Å². The van der Waals surface area contributed by atoms with E-state index in [1.165, 1.54) is 4.88 Å². The number of aryl methyl sites for hydroxylation is 2. The first-order valence-corrected chi connectivity index (χ1v) is 6.59. The zero-order valence-electron chi connectivity index (χ0n) is 11.1. The molecule has 0 unspecified atom stereocenters. The Kier molecular flexibility index (Phi) is 4.03. The fourth-order valence-corrected chi connectivity index (χ4v) is 2.43. The fraction of sp³-hybridized carbons (Fsp3) is 0.286. The summed E-state index contributed by atoms with van der Waals surface area (Å²) < 4.78 is 10.8. The Morgan fingerprint density at radius 3 is 2.58 bits per heavy atom. The van der Waals surface area contributed by atoms with Crippen LogP contribution in [0.25, 0.3) is 0 Å². The number of hydrogen-bond donors (Lipinski definition) is 0. The van der Waals surface area contributed by atoms with Crippen LogP contribution in [0.1, 0.15) is 21.1 Å². The average Bonchev–Trinajstić information content (AvgIpc) is 2.75. The van der Waals surface area contributed by atoms with E-state index in [4.69, 9.17) is 14.7 Å². The highest BCUT2D eigenvalue weighted by molar-refractivity contribution is 7.11. The van der Waals surface area contributed by atoms with E-state index in [0.717, 1.165) is 10.7 Å². The molecular weight excluding hydrogens is 260 g/mol. The van der Waals surface area contributed by atoms with Gasteiger partial charge in [0.25, 0.3) is 0 Å². The van der Waals surface area contributed by atoms with Crippen molar-refractivity contribution in [2.75, 3.05) is 7.11 Å². The summed E-state index contributed by atoms with van der Waals surface area (Å²) in [4.78, 5) is 5.60. The molecule has 0 aliphatic rings. The summed E-state index contributed by atoms with van der Waals surface area (Å²) in [6.07, 6.45) is 0. The van der Waals surface area contributed by atoms with Crippen LogP contribution in [0.3, 0.4) is 0 Å². The molecule has 2 aromatic rings. The van der Waals surface area contributed by atoms with Gasteiger partial charge in [-0.1, -0.05) is 0 Å². The van der Waals surface area contributed by atoms with Crippen molar-refractivity contribution in [3.63, 3.8) is 0 Å². The lowest BCUT2D eigenvalue weighted by molar-refractivity contribution is 0.303. The minimum atomic E-state index is 0.400. The third-order valence-electron chi connectivity index (χ3n) is 2.68. The molecule has 0 amide bonds. The van der Waals surface area contributed by atoms with Crippen LogP contribution in [0.4, 0.5) is 0 Å². The topological polar surface area (TPSA) is 55.1 Å². The van der Waals surface area contributed by atoms with Gasteiger partial charge < -0.3 is 9.47 Å². The van der Waals surface area contributed by atoms with E-state index in [1.54, 1.807) is 36.6 Å². The second-order valence-electron chi connectivity index (χ2n) is 4.05. The molecule has 0 aliphatic carbocycles. The molecule has 4 nitrogen and oxygen atoms in total. The van der Waals surface area contributed by atoms with E-state index in [1.807, 2.05) is 13.8 Å². The number of aromatic nitrogens is 1. The monoisotopic (exact) mass is 274 g/mol. The normalized spacial score (nSPS) is 10.0. The van der Waals surface area contributed by atoms with Crippen LogP contribution in [0.5, 0.6) is 11.5 Å². The van der Waals surface area contributed by atoms with E-state index in [0.29, 0.717) is 23.7 Å². The number of thiazole rings is 1. The van der Waals surface area contributed by atoms with Crippen molar-refractivity contribution in [2.45, 2.75) is 20.5 Å². The molecule has 0 saturated carbocycles. The first kappa shape index (κ1) is 13.4. The van der Waals surface area contributed by atoms with Crippen molar-refractivity contribution in [3.8, 4) is 17.6 Å². The van der Waals surface area contributed by atoms with Crippen LogP contribution in [-0.4, -0.2) is 12.1 Å². The van der Waals surface area contributed by atoms with Crippen LogP contribution in [-0.2, 0) is 6.61 Å². The third-order valence-corrected chi connectivity index (χ3v) is 3.73. The maximum atomic E-state index is 8.94. The van der Waals surface area contributed by atoms with Gasteiger partial charge in [-0.2, -0.15) is 5.26 Å². The van der Waals surface area contributed by atoms with Crippen molar-refractivity contribution in [1.29, 1.82) is 5.26 Å². The summed E-state index contributed by atoms with van der Waals surface area (Å²) in [7, 11) is 1.56. The van der Waals surface area contributed by atoms with Gasteiger partial charge in [0, 0.05) is 10.9 Å². The maximum absolute atomic E-state index is 8.94. The van der Waals surface area contributed by atoms with E-state index < -0.39 is 0 Å². The molecule has 98 valence electrons. The fourth-order valence-electron chi connectivity index (χ4n) is 1.58. The Bertz CT molecular complexity index is 609. The van der Waals surface area contributed by atoms with Crippen molar-refractivity contribution in [3.05, 3.63) is 39.3 Å². The molecule has 1 heterocycles. The summed E-state index contributed by atoms with van der Waals surface area (Å²) in [6, 6.07) is 7.20. The van der Waals surface area contributed by atoms with Gasteiger partial charge in [0.05, 0.1) is 24.4 Å². The SMILES string of the molecule is COc1cc(C#N)cc(OCc2nc(C)c(C)s2)c1. The van der Waals surface area contributed by atoms with Crippen molar-refractivity contribution >= 4 is 11.3 Å². The van der Waals surface area contributed by atoms with Crippen LogP contribution in [0.2, 0.25) is 0 Å². The Morgan fingerprint density at radius 1 is 1.26 bits per heavy atom. The number of benzene rings is 1. The second-order valence-corrected chi connectivity index (χ2v) is 5.33. The van der Waals surface area contributed by atoms with Gasteiger partial charge in [0.15, 0.2) is 0 Å². The molecule has 19 heavy (non-hydrogen) atoms. The van der Waals surface area contributed by atoms with Gasteiger partial charge in [0.1, 0.15) is 23.1 Å². The van der Waals surface area contributed by atoms with Crippen molar-refractivity contribution in [2.24, 2.45) is 0 Å². The number of methoxy groups -OCH3 is 1. The summed E-state index contributed by atoms with van der Waals surface area (Å²) in [5, 5.41) is 9.86. The molecule has 0 spiro atoms.